The second-order valence-corrected chi connectivity index (χ2v) is 8.97. The Bertz CT molecular complexity index is 1160. The van der Waals surface area contributed by atoms with Crippen LogP contribution in [0.2, 0.25) is 0 Å². The van der Waals surface area contributed by atoms with Crippen molar-refractivity contribution in [3.63, 3.8) is 0 Å². The van der Waals surface area contributed by atoms with Crippen molar-refractivity contribution in [1.82, 2.24) is 9.88 Å². The molecule has 6 heteroatoms. The smallest absolute Gasteiger partial charge is 0.257 e. The van der Waals surface area contributed by atoms with Gasteiger partial charge in [0.15, 0.2) is 5.78 Å². The van der Waals surface area contributed by atoms with Gasteiger partial charge in [0.1, 0.15) is 0 Å². The van der Waals surface area contributed by atoms with Crippen LogP contribution in [-0.2, 0) is 0 Å². The summed E-state index contributed by atoms with van der Waals surface area (Å²) in [7, 11) is 0. The highest BCUT2D eigenvalue weighted by molar-refractivity contribution is 6.07. The number of likely N-dealkylation sites (tertiary alicyclic amines) is 1. The van der Waals surface area contributed by atoms with Crippen LogP contribution in [0.15, 0.2) is 54.7 Å². The number of pyridine rings is 1. The first-order valence-electron chi connectivity index (χ1n) is 11.9. The molecule has 3 heterocycles. The highest BCUT2D eigenvalue weighted by Crippen LogP contribution is 2.32. The van der Waals surface area contributed by atoms with Gasteiger partial charge in [0.05, 0.1) is 16.8 Å². The quantitative estimate of drug-likeness (QED) is 0.561. The van der Waals surface area contributed by atoms with Gasteiger partial charge >= 0.3 is 0 Å². The molecule has 6 nitrogen and oxygen atoms in total. The zero-order valence-electron chi connectivity index (χ0n) is 19.2. The van der Waals surface area contributed by atoms with Crippen molar-refractivity contribution in [3.05, 3.63) is 65.9 Å². The number of para-hydroxylation sites is 1. The number of piperazine rings is 1. The number of carbonyl (C=O) groups is 2. The van der Waals surface area contributed by atoms with Gasteiger partial charge in [0.25, 0.3) is 5.91 Å². The van der Waals surface area contributed by atoms with Gasteiger partial charge < -0.3 is 14.7 Å². The molecule has 0 bridgehead atoms. The number of anilines is 2. The molecular formula is C27H30N4O2. The van der Waals surface area contributed by atoms with E-state index in [0.717, 1.165) is 85.5 Å². The molecule has 2 aliphatic heterocycles. The number of nitrogens with zero attached hydrogens (tertiary/aromatic N) is 4. The van der Waals surface area contributed by atoms with Gasteiger partial charge in [0.2, 0.25) is 0 Å². The first-order valence-corrected chi connectivity index (χ1v) is 11.9. The molecule has 1 aromatic heterocycles. The predicted molar refractivity (Wildman–Crippen MR) is 132 cm³/mol. The van der Waals surface area contributed by atoms with Gasteiger partial charge in [-0.2, -0.15) is 0 Å². The number of hydrogen-bond acceptors (Lipinski definition) is 5. The third-order valence-electron chi connectivity index (χ3n) is 6.86. The van der Waals surface area contributed by atoms with E-state index in [9.17, 15) is 9.59 Å². The molecule has 0 aliphatic carbocycles. The van der Waals surface area contributed by atoms with Crippen molar-refractivity contribution < 1.29 is 9.59 Å². The Morgan fingerprint density at radius 2 is 1.45 bits per heavy atom. The molecule has 0 atom stereocenters. The number of amides is 1. The summed E-state index contributed by atoms with van der Waals surface area (Å²) in [5, 5.41) is 1.04. The van der Waals surface area contributed by atoms with Crippen LogP contribution in [0.25, 0.3) is 10.9 Å². The topological polar surface area (TPSA) is 56.8 Å². The Kier molecular flexibility index (Phi) is 5.99. The lowest BCUT2D eigenvalue weighted by Gasteiger charge is -2.39. The van der Waals surface area contributed by atoms with E-state index >= 15 is 0 Å². The van der Waals surface area contributed by atoms with Crippen LogP contribution in [0.5, 0.6) is 0 Å². The molecule has 5 rings (SSSR count). The van der Waals surface area contributed by atoms with E-state index in [1.165, 1.54) is 6.42 Å². The average Bonchev–Trinajstić information content (AvgIpc) is 2.88. The van der Waals surface area contributed by atoms with E-state index in [1.807, 2.05) is 47.4 Å². The van der Waals surface area contributed by atoms with E-state index in [-0.39, 0.29) is 11.7 Å². The summed E-state index contributed by atoms with van der Waals surface area (Å²) in [6, 6.07) is 16.0. The Morgan fingerprint density at radius 1 is 0.788 bits per heavy atom. The summed E-state index contributed by atoms with van der Waals surface area (Å²) < 4.78 is 0. The van der Waals surface area contributed by atoms with Crippen LogP contribution in [-0.4, -0.2) is 60.8 Å². The number of benzene rings is 2. The minimum Gasteiger partial charge on any atom is -0.368 e. The van der Waals surface area contributed by atoms with Crippen molar-refractivity contribution >= 4 is 34.0 Å². The van der Waals surface area contributed by atoms with Gasteiger partial charge in [0, 0.05) is 62.1 Å². The summed E-state index contributed by atoms with van der Waals surface area (Å²) in [6.07, 6.45) is 5.12. The Morgan fingerprint density at radius 3 is 2.15 bits per heavy atom. The summed E-state index contributed by atoms with van der Waals surface area (Å²) in [4.78, 5) is 36.4. The molecular weight excluding hydrogens is 412 g/mol. The standard InChI is InChI=1S/C27H30N4O2/c1-20(32)21-9-11-22(12-10-21)29-15-17-30(18-16-29)26-23-7-3-4-8-25(23)28-19-24(26)27(33)31-13-5-2-6-14-31/h3-4,7-12,19H,2,5-6,13-18H2,1H3. The van der Waals surface area contributed by atoms with E-state index in [4.69, 9.17) is 0 Å². The van der Waals surface area contributed by atoms with Crippen molar-refractivity contribution in [3.8, 4) is 0 Å². The van der Waals surface area contributed by atoms with Crippen molar-refractivity contribution in [2.75, 3.05) is 49.1 Å². The number of ketones is 1. The van der Waals surface area contributed by atoms with E-state index < -0.39 is 0 Å². The number of carbonyl (C=O) groups excluding carboxylic acids is 2. The van der Waals surface area contributed by atoms with Gasteiger partial charge in [-0.05, 0) is 56.5 Å². The zero-order valence-corrected chi connectivity index (χ0v) is 19.2. The molecule has 170 valence electrons. The van der Waals surface area contributed by atoms with Crippen LogP contribution in [0.1, 0.15) is 46.9 Å². The predicted octanol–water partition coefficient (Wildman–Crippen LogP) is 4.39. The molecule has 2 saturated heterocycles. The van der Waals surface area contributed by atoms with Crippen LogP contribution in [0.4, 0.5) is 11.4 Å². The van der Waals surface area contributed by atoms with Crippen molar-refractivity contribution in [2.24, 2.45) is 0 Å². The van der Waals surface area contributed by atoms with E-state index in [2.05, 4.69) is 20.9 Å². The number of fused-ring (bicyclic) bond motifs is 1. The highest BCUT2D eigenvalue weighted by Gasteiger charge is 2.27. The lowest BCUT2D eigenvalue weighted by molar-refractivity contribution is 0.0724. The minimum atomic E-state index is 0.0850. The Labute approximate surface area is 194 Å². The SMILES string of the molecule is CC(=O)c1ccc(N2CCN(c3c(C(=O)N4CCCCC4)cnc4ccccc34)CC2)cc1. The number of Topliss-reactive ketones (excluding diaryl/α,β-unsaturated/α-hetero) is 1. The molecule has 1 amide bonds. The maximum atomic E-state index is 13.5. The molecule has 0 radical (unpaired) electrons. The second kappa shape index (κ2) is 9.22. The van der Waals surface area contributed by atoms with E-state index in [1.54, 1.807) is 13.1 Å². The Balaban J connectivity index is 1.42. The highest BCUT2D eigenvalue weighted by atomic mass is 16.2. The maximum absolute atomic E-state index is 13.5. The number of rotatable bonds is 4. The Hall–Kier alpha value is -3.41. The van der Waals surface area contributed by atoms with Gasteiger partial charge in [-0.1, -0.05) is 18.2 Å². The first kappa shape index (κ1) is 21.4. The van der Waals surface area contributed by atoms with Crippen LogP contribution < -0.4 is 9.80 Å². The summed E-state index contributed by atoms with van der Waals surface area (Å²) in [5.74, 6) is 0.187. The van der Waals surface area contributed by atoms with Gasteiger partial charge in [-0.15, -0.1) is 0 Å². The number of piperidine rings is 1. The average molecular weight is 443 g/mol. The molecule has 0 N–H and O–H groups in total. The monoisotopic (exact) mass is 442 g/mol. The van der Waals surface area contributed by atoms with Crippen molar-refractivity contribution in [2.45, 2.75) is 26.2 Å². The van der Waals surface area contributed by atoms with Gasteiger partial charge in [-0.3, -0.25) is 14.6 Å². The molecule has 0 saturated carbocycles. The minimum absolute atomic E-state index is 0.0850. The second-order valence-electron chi connectivity index (χ2n) is 8.97. The molecule has 3 aromatic rings. The first-order chi connectivity index (χ1) is 16.1. The number of aromatic nitrogens is 1. The lowest BCUT2D eigenvalue weighted by atomic mass is 10.0. The fourth-order valence-electron chi connectivity index (χ4n) is 4.99. The summed E-state index contributed by atoms with van der Waals surface area (Å²) >= 11 is 0. The summed E-state index contributed by atoms with van der Waals surface area (Å²) in [5.41, 5.74) is 4.52. The van der Waals surface area contributed by atoms with Crippen molar-refractivity contribution in [1.29, 1.82) is 0 Å². The van der Waals surface area contributed by atoms with Crippen LogP contribution in [0, 0.1) is 0 Å². The third-order valence-corrected chi connectivity index (χ3v) is 6.86. The van der Waals surface area contributed by atoms with Crippen LogP contribution >= 0.6 is 0 Å². The largest absolute Gasteiger partial charge is 0.368 e. The zero-order chi connectivity index (χ0) is 22.8. The normalized spacial score (nSPS) is 16.8. The number of hydrogen-bond donors (Lipinski definition) is 0. The molecule has 2 aromatic carbocycles. The molecule has 0 spiro atoms. The molecule has 0 unspecified atom stereocenters. The molecule has 2 fully saturated rings. The maximum Gasteiger partial charge on any atom is 0.257 e. The molecule has 2 aliphatic rings. The third kappa shape index (κ3) is 4.30. The molecule has 33 heavy (non-hydrogen) atoms. The lowest BCUT2D eigenvalue weighted by Crippen LogP contribution is -2.47. The van der Waals surface area contributed by atoms with Gasteiger partial charge in [-0.25, -0.2) is 0 Å². The summed E-state index contributed by atoms with van der Waals surface area (Å²) in [6.45, 7) is 6.60. The fraction of sp³-hybridized carbons (Fsp3) is 0.370. The van der Waals surface area contributed by atoms with E-state index in [0.29, 0.717) is 0 Å². The fourth-order valence-corrected chi connectivity index (χ4v) is 4.99. The van der Waals surface area contributed by atoms with Crippen LogP contribution in [0.3, 0.4) is 0 Å².